The van der Waals surface area contributed by atoms with E-state index in [1.165, 1.54) is 6.07 Å². The predicted octanol–water partition coefficient (Wildman–Crippen LogP) is 2.66. The van der Waals surface area contributed by atoms with Gasteiger partial charge in [-0.3, -0.25) is 0 Å². The van der Waals surface area contributed by atoms with Gasteiger partial charge in [-0.15, -0.1) is 0 Å². The fraction of sp³-hybridized carbons (Fsp3) is 0.308. The molecule has 0 atom stereocenters. The average molecular weight is 374 g/mol. The highest BCUT2D eigenvalue weighted by atomic mass is 79.9. The normalized spacial score (nSPS) is 11.6. The predicted molar refractivity (Wildman–Crippen MR) is 83.6 cm³/mol. The number of sulfonamides is 1. The van der Waals surface area contributed by atoms with Gasteiger partial charge < -0.3 is 9.73 Å². The van der Waals surface area contributed by atoms with E-state index in [1.54, 1.807) is 25.3 Å². The topological polar surface area (TPSA) is 84.2 Å². The van der Waals surface area contributed by atoms with E-state index in [2.05, 4.69) is 31.0 Å². The number of rotatable bonds is 6. The van der Waals surface area contributed by atoms with Crippen LogP contribution >= 0.6 is 15.9 Å². The van der Waals surface area contributed by atoms with Gasteiger partial charge in [-0.25, -0.2) is 18.1 Å². The lowest BCUT2D eigenvalue weighted by Gasteiger charge is -2.11. The summed E-state index contributed by atoms with van der Waals surface area (Å²) in [7, 11) is -3.69. The zero-order chi connectivity index (χ0) is 15.5. The first-order valence-electron chi connectivity index (χ1n) is 6.37. The molecule has 0 aromatic carbocycles. The highest BCUT2D eigenvalue weighted by Gasteiger charge is 2.20. The molecule has 0 aliphatic rings. The quantitative estimate of drug-likeness (QED) is 0.812. The molecule has 2 rings (SSSR count). The van der Waals surface area contributed by atoms with Crippen LogP contribution in [0, 0.1) is 6.92 Å². The molecule has 21 heavy (non-hydrogen) atoms. The highest BCUT2D eigenvalue weighted by Crippen LogP contribution is 2.23. The Morgan fingerprint density at radius 2 is 2.14 bits per heavy atom. The van der Waals surface area contributed by atoms with Crippen LogP contribution in [0.5, 0.6) is 0 Å². The van der Waals surface area contributed by atoms with E-state index in [0.29, 0.717) is 22.6 Å². The largest absolute Gasteiger partial charge is 0.465 e. The third kappa shape index (κ3) is 4.05. The molecule has 2 heterocycles. The second-order valence-electron chi connectivity index (χ2n) is 4.37. The number of halogens is 1. The number of hydrogen-bond donors (Lipinski definition) is 2. The van der Waals surface area contributed by atoms with Crippen molar-refractivity contribution >= 4 is 31.8 Å². The Labute approximate surface area is 132 Å². The molecule has 0 aliphatic carbocycles. The summed E-state index contributed by atoms with van der Waals surface area (Å²) in [6.07, 6.45) is 1.55. The van der Waals surface area contributed by atoms with E-state index in [9.17, 15) is 8.42 Å². The number of pyridine rings is 1. The smallest absolute Gasteiger partial charge is 0.244 e. The minimum absolute atomic E-state index is 0.0915. The molecule has 0 saturated heterocycles. The molecule has 0 bridgehead atoms. The van der Waals surface area contributed by atoms with E-state index in [-0.39, 0.29) is 11.4 Å². The number of aromatic nitrogens is 1. The number of nitrogens with one attached hydrogen (secondary N) is 2. The molecule has 0 saturated carbocycles. The summed E-state index contributed by atoms with van der Waals surface area (Å²) in [5.74, 6) is 1.62. The molecule has 0 aliphatic heterocycles. The number of anilines is 1. The Morgan fingerprint density at radius 3 is 2.76 bits per heavy atom. The lowest BCUT2D eigenvalue weighted by Crippen LogP contribution is -2.24. The van der Waals surface area contributed by atoms with Crippen molar-refractivity contribution in [1.29, 1.82) is 0 Å². The first-order valence-corrected chi connectivity index (χ1v) is 8.64. The van der Waals surface area contributed by atoms with Crippen LogP contribution in [-0.4, -0.2) is 19.9 Å². The van der Waals surface area contributed by atoms with Crippen LogP contribution in [0.15, 0.2) is 38.2 Å². The molecular weight excluding hydrogens is 358 g/mol. The van der Waals surface area contributed by atoms with Crippen LogP contribution in [0.3, 0.4) is 0 Å². The first kappa shape index (κ1) is 16.0. The van der Waals surface area contributed by atoms with Crippen molar-refractivity contribution in [1.82, 2.24) is 9.71 Å². The Morgan fingerprint density at radius 1 is 1.38 bits per heavy atom. The SMILES string of the molecule is CCNc1ncc(Br)cc1S(=O)(=O)NCc1ccc(C)o1. The van der Waals surface area contributed by atoms with Gasteiger partial charge in [0.15, 0.2) is 0 Å². The lowest BCUT2D eigenvalue weighted by atomic mass is 10.4. The lowest BCUT2D eigenvalue weighted by molar-refractivity contribution is 0.475. The summed E-state index contributed by atoms with van der Waals surface area (Å²) in [6, 6.07) is 5.04. The highest BCUT2D eigenvalue weighted by molar-refractivity contribution is 9.10. The van der Waals surface area contributed by atoms with Gasteiger partial charge in [-0.2, -0.15) is 0 Å². The van der Waals surface area contributed by atoms with Gasteiger partial charge >= 0.3 is 0 Å². The Kier molecular flexibility index (Phi) is 5.02. The molecule has 2 aromatic heterocycles. The summed E-state index contributed by atoms with van der Waals surface area (Å²) in [5.41, 5.74) is 0. The molecule has 0 unspecified atom stereocenters. The van der Waals surface area contributed by atoms with Crippen molar-refractivity contribution < 1.29 is 12.8 Å². The second kappa shape index (κ2) is 6.59. The zero-order valence-electron chi connectivity index (χ0n) is 11.7. The third-order valence-electron chi connectivity index (χ3n) is 2.69. The van der Waals surface area contributed by atoms with Crippen molar-refractivity contribution in [2.45, 2.75) is 25.3 Å². The van der Waals surface area contributed by atoms with Gasteiger partial charge in [0.25, 0.3) is 0 Å². The van der Waals surface area contributed by atoms with Crippen LogP contribution in [0.25, 0.3) is 0 Å². The molecule has 6 nitrogen and oxygen atoms in total. The second-order valence-corrected chi connectivity index (χ2v) is 7.02. The van der Waals surface area contributed by atoms with E-state index in [0.717, 1.165) is 5.76 Å². The molecule has 0 amide bonds. The van der Waals surface area contributed by atoms with Crippen molar-refractivity contribution in [2.24, 2.45) is 0 Å². The maximum atomic E-state index is 12.4. The average Bonchev–Trinajstić information content (AvgIpc) is 2.85. The van der Waals surface area contributed by atoms with Crippen molar-refractivity contribution in [3.05, 3.63) is 40.4 Å². The molecule has 2 N–H and O–H groups in total. The summed E-state index contributed by atoms with van der Waals surface area (Å²) in [6.45, 7) is 4.35. The van der Waals surface area contributed by atoms with Gasteiger partial charge in [-0.1, -0.05) is 0 Å². The Balaban J connectivity index is 2.24. The maximum Gasteiger partial charge on any atom is 0.244 e. The Hall–Kier alpha value is -1.38. The van der Waals surface area contributed by atoms with Crippen LogP contribution in [-0.2, 0) is 16.6 Å². The van der Waals surface area contributed by atoms with E-state index < -0.39 is 10.0 Å². The summed E-state index contributed by atoms with van der Waals surface area (Å²) < 4.78 is 33.3. The van der Waals surface area contributed by atoms with Gasteiger partial charge in [0, 0.05) is 17.2 Å². The summed E-state index contributed by atoms with van der Waals surface area (Å²) in [5, 5.41) is 2.94. The first-order chi connectivity index (χ1) is 9.92. The van der Waals surface area contributed by atoms with Gasteiger partial charge in [-0.05, 0) is 48.0 Å². The van der Waals surface area contributed by atoms with E-state index in [4.69, 9.17) is 4.42 Å². The van der Waals surface area contributed by atoms with Crippen molar-refractivity contribution in [3.8, 4) is 0 Å². The summed E-state index contributed by atoms with van der Waals surface area (Å²) >= 11 is 3.24. The molecular formula is C13H16BrN3O3S. The third-order valence-corrected chi connectivity index (χ3v) is 4.53. The van der Waals surface area contributed by atoms with Crippen LogP contribution in [0.4, 0.5) is 5.82 Å². The number of hydrogen-bond acceptors (Lipinski definition) is 5. The minimum Gasteiger partial charge on any atom is -0.465 e. The van der Waals surface area contributed by atoms with Crippen LogP contribution in [0.1, 0.15) is 18.4 Å². The van der Waals surface area contributed by atoms with Crippen molar-refractivity contribution in [2.75, 3.05) is 11.9 Å². The van der Waals surface area contributed by atoms with Crippen LogP contribution in [0.2, 0.25) is 0 Å². The Bertz CT molecular complexity index is 728. The molecule has 114 valence electrons. The van der Waals surface area contributed by atoms with Gasteiger partial charge in [0.2, 0.25) is 10.0 Å². The number of nitrogens with zero attached hydrogens (tertiary/aromatic N) is 1. The molecule has 0 spiro atoms. The molecule has 8 heteroatoms. The monoisotopic (exact) mass is 373 g/mol. The van der Waals surface area contributed by atoms with Gasteiger partial charge in [0.1, 0.15) is 22.2 Å². The molecule has 0 fully saturated rings. The molecule has 0 radical (unpaired) electrons. The van der Waals surface area contributed by atoms with E-state index in [1.807, 2.05) is 6.92 Å². The van der Waals surface area contributed by atoms with Crippen molar-refractivity contribution in [3.63, 3.8) is 0 Å². The van der Waals surface area contributed by atoms with Gasteiger partial charge in [0.05, 0.1) is 6.54 Å². The standard InChI is InChI=1S/C13H16BrN3O3S/c1-3-15-13-12(6-10(14)7-16-13)21(18,19)17-8-11-5-4-9(2)20-11/h4-7,17H,3,8H2,1-2H3,(H,15,16). The fourth-order valence-corrected chi connectivity index (χ4v) is 3.38. The maximum absolute atomic E-state index is 12.4. The minimum atomic E-state index is -3.69. The zero-order valence-corrected chi connectivity index (χ0v) is 14.1. The summed E-state index contributed by atoms with van der Waals surface area (Å²) in [4.78, 5) is 4.19. The fourth-order valence-electron chi connectivity index (χ4n) is 1.75. The number of furan rings is 1. The molecule has 2 aromatic rings. The van der Waals surface area contributed by atoms with Crippen LogP contribution < -0.4 is 10.0 Å². The number of aryl methyl sites for hydroxylation is 1. The van der Waals surface area contributed by atoms with E-state index >= 15 is 0 Å².